The van der Waals surface area contributed by atoms with Crippen LogP contribution in [0.25, 0.3) is 0 Å². The van der Waals surface area contributed by atoms with E-state index < -0.39 is 29.7 Å². The molecule has 2 atom stereocenters. The molecule has 1 aromatic carbocycles. The first-order valence-electron chi connectivity index (χ1n) is 6.02. The summed E-state index contributed by atoms with van der Waals surface area (Å²) < 4.78 is 31.5. The molecule has 0 unspecified atom stereocenters. The Hall–Kier alpha value is -1.53. The van der Waals surface area contributed by atoms with Gasteiger partial charge in [-0.15, -0.1) is 0 Å². The molecule has 0 aromatic heterocycles. The molecule has 1 N–H and O–H groups in total. The third kappa shape index (κ3) is 3.08. The molecule has 1 aliphatic heterocycles. The van der Waals surface area contributed by atoms with Gasteiger partial charge in [-0.3, -0.25) is 9.69 Å². The lowest BCUT2D eigenvalue weighted by atomic mass is 10.1. The Kier molecular flexibility index (Phi) is 4.11. The number of benzene rings is 1. The van der Waals surface area contributed by atoms with Crippen molar-refractivity contribution in [3.05, 3.63) is 35.4 Å². The van der Waals surface area contributed by atoms with Gasteiger partial charge in [-0.05, 0) is 24.6 Å². The molecule has 0 amide bonds. The van der Waals surface area contributed by atoms with Gasteiger partial charge < -0.3 is 9.84 Å². The Bertz CT molecular complexity index is 481. The number of aliphatic carboxylic acids is 1. The predicted octanol–water partition coefficient (Wildman–Crippen LogP) is 1.81. The zero-order chi connectivity index (χ0) is 14.0. The molecule has 19 heavy (non-hydrogen) atoms. The minimum atomic E-state index is -0.926. The summed E-state index contributed by atoms with van der Waals surface area (Å²) in [5.74, 6) is -2.74. The van der Waals surface area contributed by atoms with Crippen molar-refractivity contribution >= 4 is 5.97 Å². The van der Waals surface area contributed by atoms with E-state index in [4.69, 9.17) is 9.84 Å². The number of halogens is 2. The van der Waals surface area contributed by atoms with Gasteiger partial charge in [0.05, 0.1) is 12.7 Å². The van der Waals surface area contributed by atoms with Crippen molar-refractivity contribution in [3.8, 4) is 0 Å². The van der Waals surface area contributed by atoms with Gasteiger partial charge >= 0.3 is 5.97 Å². The predicted molar refractivity (Wildman–Crippen MR) is 63.7 cm³/mol. The quantitative estimate of drug-likeness (QED) is 0.911. The first kappa shape index (κ1) is 13.9. The maximum absolute atomic E-state index is 13.2. The smallest absolute Gasteiger partial charge is 0.320 e. The van der Waals surface area contributed by atoms with E-state index in [-0.39, 0.29) is 0 Å². The summed E-state index contributed by atoms with van der Waals surface area (Å²) in [6, 6.07) is 2.97. The second-order valence-electron chi connectivity index (χ2n) is 4.54. The lowest BCUT2D eigenvalue weighted by Gasteiger charge is -2.35. The summed E-state index contributed by atoms with van der Waals surface area (Å²) >= 11 is 0. The van der Waals surface area contributed by atoms with Crippen molar-refractivity contribution in [1.29, 1.82) is 0 Å². The molecule has 0 bridgehead atoms. The van der Waals surface area contributed by atoms with Crippen molar-refractivity contribution in [2.45, 2.75) is 19.1 Å². The van der Waals surface area contributed by atoms with Crippen molar-refractivity contribution < 1.29 is 23.4 Å². The van der Waals surface area contributed by atoms with Gasteiger partial charge in [0.1, 0.15) is 6.04 Å². The van der Waals surface area contributed by atoms with Crippen molar-refractivity contribution in [2.75, 3.05) is 19.7 Å². The maximum Gasteiger partial charge on any atom is 0.320 e. The van der Waals surface area contributed by atoms with E-state index in [1.54, 1.807) is 11.8 Å². The van der Waals surface area contributed by atoms with E-state index in [0.717, 1.165) is 12.1 Å². The Morgan fingerprint density at radius 2 is 2.21 bits per heavy atom. The average Bonchev–Trinajstić information content (AvgIpc) is 2.41. The second-order valence-corrected chi connectivity index (χ2v) is 4.54. The number of carboxylic acids is 1. The first-order valence-corrected chi connectivity index (χ1v) is 6.02. The Morgan fingerprint density at radius 1 is 1.47 bits per heavy atom. The summed E-state index contributed by atoms with van der Waals surface area (Å²) in [5, 5.41) is 8.98. The molecule has 1 aromatic rings. The fourth-order valence-electron chi connectivity index (χ4n) is 2.09. The van der Waals surface area contributed by atoms with Crippen LogP contribution < -0.4 is 0 Å². The van der Waals surface area contributed by atoms with E-state index in [9.17, 15) is 13.6 Å². The molecule has 4 nitrogen and oxygen atoms in total. The largest absolute Gasteiger partial charge is 0.480 e. The van der Waals surface area contributed by atoms with Crippen LogP contribution in [0.15, 0.2) is 18.2 Å². The fraction of sp³-hybridized carbons (Fsp3) is 0.462. The first-order chi connectivity index (χ1) is 8.99. The number of ether oxygens (including phenoxy) is 1. The third-order valence-corrected chi connectivity index (χ3v) is 3.32. The molecule has 1 heterocycles. The zero-order valence-corrected chi connectivity index (χ0v) is 10.5. The molecule has 104 valence electrons. The highest BCUT2D eigenvalue weighted by Crippen LogP contribution is 2.24. The minimum absolute atomic E-state index is 0.346. The van der Waals surface area contributed by atoms with E-state index in [1.807, 2.05) is 0 Å². The third-order valence-electron chi connectivity index (χ3n) is 3.32. The van der Waals surface area contributed by atoms with Gasteiger partial charge in [-0.2, -0.15) is 0 Å². The number of morpholine rings is 1. The lowest BCUT2D eigenvalue weighted by molar-refractivity contribution is -0.145. The Balaban J connectivity index is 2.12. The van der Waals surface area contributed by atoms with Crippen molar-refractivity contribution in [3.63, 3.8) is 0 Å². The van der Waals surface area contributed by atoms with Gasteiger partial charge in [0, 0.05) is 13.1 Å². The molecule has 0 saturated carbocycles. The molecular weight excluding hydrogens is 256 g/mol. The molecule has 6 heteroatoms. The summed E-state index contributed by atoms with van der Waals surface area (Å²) in [7, 11) is 0. The number of carboxylic acid groups (broad SMARTS) is 1. The monoisotopic (exact) mass is 271 g/mol. The van der Waals surface area contributed by atoms with Crippen LogP contribution in [0.4, 0.5) is 8.78 Å². The van der Waals surface area contributed by atoms with E-state index in [2.05, 4.69) is 0 Å². The van der Waals surface area contributed by atoms with Crippen LogP contribution in [-0.2, 0) is 9.53 Å². The van der Waals surface area contributed by atoms with Crippen LogP contribution >= 0.6 is 0 Å². The highest BCUT2D eigenvalue weighted by atomic mass is 19.2. The van der Waals surface area contributed by atoms with Gasteiger partial charge in [0.25, 0.3) is 0 Å². The summed E-state index contributed by atoms with van der Waals surface area (Å²) in [5.41, 5.74) is 0.515. The van der Waals surface area contributed by atoms with Gasteiger partial charge in [-0.1, -0.05) is 6.07 Å². The van der Waals surface area contributed by atoms with Crippen LogP contribution in [0.1, 0.15) is 18.6 Å². The Labute approximate surface area is 109 Å². The minimum Gasteiger partial charge on any atom is -0.480 e. The second kappa shape index (κ2) is 5.63. The topological polar surface area (TPSA) is 49.8 Å². The number of carbonyl (C=O) groups is 1. The number of hydrogen-bond acceptors (Lipinski definition) is 3. The standard InChI is InChI=1S/C13H15F2NO3/c1-8(13(17)18)16-4-5-19-12(7-16)9-2-3-10(14)11(15)6-9/h2-3,6,8,12H,4-5,7H2,1H3,(H,17,18)/t8-,12+/m1/s1. The summed E-state index contributed by atoms with van der Waals surface area (Å²) in [6.07, 6.45) is -0.439. The SMILES string of the molecule is C[C@H](C(=O)O)N1CCO[C@H](c2ccc(F)c(F)c2)C1. The van der Waals surface area contributed by atoms with Crippen LogP contribution in [0, 0.1) is 11.6 Å². The van der Waals surface area contributed by atoms with Crippen LogP contribution in [0.2, 0.25) is 0 Å². The Morgan fingerprint density at radius 3 is 2.84 bits per heavy atom. The molecule has 0 radical (unpaired) electrons. The van der Waals surface area contributed by atoms with Gasteiger partial charge in [0.2, 0.25) is 0 Å². The zero-order valence-electron chi connectivity index (χ0n) is 10.5. The van der Waals surface area contributed by atoms with Crippen LogP contribution in [-0.4, -0.2) is 41.7 Å². The molecule has 1 saturated heterocycles. The molecule has 1 aliphatic rings. The van der Waals surface area contributed by atoms with Crippen LogP contribution in [0.5, 0.6) is 0 Å². The van der Waals surface area contributed by atoms with Crippen molar-refractivity contribution in [1.82, 2.24) is 4.90 Å². The molecule has 0 spiro atoms. The molecule has 0 aliphatic carbocycles. The van der Waals surface area contributed by atoms with E-state index in [1.165, 1.54) is 6.07 Å². The van der Waals surface area contributed by atoms with Crippen molar-refractivity contribution in [2.24, 2.45) is 0 Å². The van der Waals surface area contributed by atoms with E-state index >= 15 is 0 Å². The maximum atomic E-state index is 13.2. The highest BCUT2D eigenvalue weighted by molar-refractivity contribution is 5.72. The molecular formula is C13H15F2NO3. The highest BCUT2D eigenvalue weighted by Gasteiger charge is 2.28. The van der Waals surface area contributed by atoms with Gasteiger partial charge in [0.15, 0.2) is 11.6 Å². The number of hydrogen-bond donors (Lipinski definition) is 1. The summed E-state index contributed by atoms with van der Waals surface area (Å²) in [4.78, 5) is 12.7. The normalized spacial score (nSPS) is 22.2. The number of rotatable bonds is 3. The number of nitrogens with zero attached hydrogens (tertiary/aromatic N) is 1. The fourth-order valence-corrected chi connectivity index (χ4v) is 2.09. The molecule has 2 rings (SSSR count). The lowest BCUT2D eigenvalue weighted by Crippen LogP contribution is -2.46. The van der Waals surface area contributed by atoms with Crippen LogP contribution in [0.3, 0.4) is 0 Å². The van der Waals surface area contributed by atoms with E-state index in [0.29, 0.717) is 25.3 Å². The van der Waals surface area contributed by atoms with Gasteiger partial charge in [-0.25, -0.2) is 8.78 Å². The summed E-state index contributed by atoms with van der Waals surface area (Å²) in [6.45, 7) is 2.81. The average molecular weight is 271 g/mol. The molecule has 1 fully saturated rings.